The zero-order valence-corrected chi connectivity index (χ0v) is 7.75. The number of nitro benzene ring substituents is 1. The normalized spacial score (nSPS) is 10.6. The topological polar surface area (TPSA) is 89.4 Å². The Morgan fingerprint density at radius 2 is 2.21 bits per heavy atom. The third-order valence-corrected chi connectivity index (χ3v) is 2.86. The van der Waals surface area contributed by atoms with Crippen LogP contribution in [0.4, 0.5) is 11.4 Å². The van der Waals surface area contributed by atoms with Gasteiger partial charge in [-0.2, -0.15) is 0 Å². The first-order valence-electron chi connectivity index (χ1n) is 3.73. The van der Waals surface area contributed by atoms with Crippen LogP contribution in [0.5, 0.6) is 5.75 Å². The van der Waals surface area contributed by atoms with E-state index in [4.69, 9.17) is 5.73 Å². The van der Waals surface area contributed by atoms with Gasteiger partial charge in [-0.05, 0) is 6.07 Å². The fourth-order valence-corrected chi connectivity index (χ4v) is 2.16. The van der Waals surface area contributed by atoms with Gasteiger partial charge in [0, 0.05) is 22.5 Å². The Morgan fingerprint density at radius 1 is 1.50 bits per heavy atom. The highest BCUT2D eigenvalue weighted by Crippen LogP contribution is 2.38. The van der Waals surface area contributed by atoms with E-state index >= 15 is 0 Å². The van der Waals surface area contributed by atoms with Gasteiger partial charge >= 0.3 is 0 Å². The van der Waals surface area contributed by atoms with Gasteiger partial charge in [0.05, 0.1) is 4.92 Å². The van der Waals surface area contributed by atoms with Gasteiger partial charge in [0.2, 0.25) is 0 Å². The van der Waals surface area contributed by atoms with Crippen LogP contribution in [0.15, 0.2) is 17.5 Å². The molecule has 0 radical (unpaired) electrons. The van der Waals surface area contributed by atoms with E-state index in [9.17, 15) is 15.2 Å². The van der Waals surface area contributed by atoms with Crippen molar-refractivity contribution in [2.75, 3.05) is 5.73 Å². The summed E-state index contributed by atoms with van der Waals surface area (Å²) in [5, 5.41) is 21.9. The van der Waals surface area contributed by atoms with E-state index in [-0.39, 0.29) is 17.1 Å². The molecule has 0 saturated heterocycles. The van der Waals surface area contributed by atoms with Crippen molar-refractivity contribution in [3.8, 4) is 5.75 Å². The average molecular weight is 210 g/mol. The number of thiophene rings is 1. The van der Waals surface area contributed by atoms with Crippen molar-refractivity contribution < 1.29 is 10.0 Å². The molecular weight excluding hydrogens is 204 g/mol. The van der Waals surface area contributed by atoms with E-state index in [1.165, 1.54) is 17.5 Å². The summed E-state index contributed by atoms with van der Waals surface area (Å²) < 4.78 is 0.446. The van der Waals surface area contributed by atoms with Crippen LogP contribution in [0.2, 0.25) is 0 Å². The van der Waals surface area contributed by atoms with Crippen molar-refractivity contribution in [3.63, 3.8) is 0 Å². The molecule has 2 aromatic rings. The van der Waals surface area contributed by atoms with Crippen LogP contribution in [0.25, 0.3) is 10.1 Å². The van der Waals surface area contributed by atoms with Crippen molar-refractivity contribution in [2.45, 2.75) is 0 Å². The van der Waals surface area contributed by atoms with E-state index in [1.807, 2.05) is 0 Å². The second-order valence-electron chi connectivity index (χ2n) is 2.79. The van der Waals surface area contributed by atoms with Crippen molar-refractivity contribution in [1.29, 1.82) is 0 Å². The van der Waals surface area contributed by atoms with Gasteiger partial charge in [0.1, 0.15) is 10.4 Å². The van der Waals surface area contributed by atoms with E-state index < -0.39 is 4.92 Å². The van der Waals surface area contributed by atoms with Gasteiger partial charge in [-0.3, -0.25) is 10.1 Å². The Labute approximate surface area is 82.5 Å². The summed E-state index contributed by atoms with van der Waals surface area (Å²) in [5.74, 6) is 0.0281. The molecule has 6 heteroatoms. The molecule has 14 heavy (non-hydrogen) atoms. The van der Waals surface area contributed by atoms with Crippen molar-refractivity contribution in [1.82, 2.24) is 0 Å². The first kappa shape index (κ1) is 8.76. The molecule has 5 nitrogen and oxygen atoms in total. The lowest BCUT2D eigenvalue weighted by atomic mass is 10.2. The fraction of sp³-hybridized carbons (Fsp3) is 0. The van der Waals surface area contributed by atoms with Gasteiger partial charge in [-0.25, -0.2) is 0 Å². The molecule has 0 aliphatic rings. The molecule has 0 aliphatic carbocycles. The molecule has 0 saturated carbocycles. The van der Waals surface area contributed by atoms with Crippen LogP contribution in [-0.2, 0) is 0 Å². The first-order valence-corrected chi connectivity index (χ1v) is 4.61. The van der Waals surface area contributed by atoms with E-state index in [0.29, 0.717) is 10.1 Å². The minimum Gasteiger partial charge on any atom is -0.506 e. The van der Waals surface area contributed by atoms with Crippen LogP contribution < -0.4 is 5.73 Å². The van der Waals surface area contributed by atoms with E-state index in [2.05, 4.69) is 0 Å². The smallest absolute Gasteiger partial charge is 0.289 e. The SMILES string of the molecule is Nc1cc([N+](=O)[O-])c2scc(O)c2c1. The minimum atomic E-state index is -0.505. The molecule has 0 spiro atoms. The number of nitrogens with two attached hydrogens (primary N) is 1. The molecule has 0 unspecified atom stereocenters. The molecule has 0 atom stereocenters. The van der Waals surface area contributed by atoms with Crippen LogP contribution >= 0.6 is 11.3 Å². The van der Waals surface area contributed by atoms with E-state index in [0.717, 1.165) is 11.3 Å². The first-order chi connectivity index (χ1) is 6.59. The number of anilines is 1. The van der Waals surface area contributed by atoms with Gasteiger partial charge in [-0.1, -0.05) is 0 Å². The molecule has 0 bridgehead atoms. The molecular formula is C8H6N2O3S. The summed E-state index contributed by atoms with van der Waals surface area (Å²) in [6.07, 6.45) is 0. The number of nitrogen functional groups attached to an aromatic ring is 1. The number of non-ortho nitro benzene ring substituents is 1. The standard InChI is InChI=1S/C8H6N2O3S/c9-4-1-5-7(11)3-14-8(5)6(2-4)10(12)13/h1-3,11H,9H2. The van der Waals surface area contributed by atoms with Gasteiger partial charge in [0.15, 0.2) is 0 Å². The van der Waals surface area contributed by atoms with Gasteiger partial charge < -0.3 is 10.8 Å². The number of fused-ring (bicyclic) bond motifs is 1. The monoisotopic (exact) mass is 210 g/mol. The number of hydrogen-bond donors (Lipinski definition) is 2. The third-order valence-electron chi connectivity index (χ3n) is 1.85. The highest BCUT2D eigenvalue weighted by molar-refractivity contribution is 7.18. The maximum absolute atomic E-state index is 10.7. The van der Waals surface area contributed by atoms with Gasteiger partial charge in [0.25, 0.3) is 5.69 Å². The highest BCUT2D eigenvalue weighted by Gasteiger charge is 2.16. The number of nitrogens with zero attached hydrogens (tertiary/aromatic N) is 1. The Hall–Kier alpha value is -1.82. The summed E-state index contributed by atoms with van der Waals surface area (Å²) in [6.45, 7) is 0. The molecule has 1 aromatic heterocycles. The quantitative estimate of drug-likeness (QED) is 0.428. The second-order valence-corrected chi connectivity index (χ2v) is 3.67. The maximum Gasteiger partial charge on any atom is 0.289 e. The number of nitro groups is 1. The third kappa shape index (κ3) is 1.16. The Morgan fingerprint density at radius 3 is 2.86 bits per heavy atom. The summed E-state index contributed by atoms with van der Waals surface area (Å²) in [7, 11) is 0. The molecule has 1 heterocycles. The summed E-state index contributed by atoms with van der Waals surface area (Å²) in [5.41, 5.74) is 5.69. The van der Waals surface area contributed by atoms with Crippen LogP contribution in [-0.4, -0.2) is 10.0 Å². The number of rotatable bonds is 1. The lowest BCUT2D eigenvalue weighted by Crippen LogP contribution is -1.91. The predicted octanol–water partition coefficient (Wildman–Crippen LogP) is 2.10. The lowest BCUT2D eigenvalue weighted by molar-refractivity contribution is -0.382. The Balaban J connectivity index is 2.88. The molecule has 3 N–H and O–H groups in total. The predicted molar refractivity (Wildman–Crippen MR) is 54.6 cm³/mol. The summed E-state index contributed by atoms with van der Waals surface area (Å²) in [6, 6.07) is 2.81. The minimum absolute atomic E-state index is 0.0281. The zero-order valence-electron chi connectivity index (χ0n) is 6.93. The maximum atomic E-state index is 10.7. The number of benzene rings is 1. The lowest BCUT2D eigenvalue weighted by Gasteiger charge is -1.96. The molecule has 1 aromatic carbocycles. The molecule has 2 rings (SSSR count). The van der Waals surface area contributed by atoms with Crippen molar-refractivity contribution in [2.24, 2.45) is 0 Å². The van der Waals surface area contributed by atoms with Crippen molar-refractivity contribution in [3.05, 3.63) is 27.6 Å². The van der Waals surface area contributed by atoms with Crippen LogP contribution in [0.1, 0.15) is 0 Å². The highest BCUT2D eigenvalue weighted by atomic mass is 32.1. The van der Waals surface area contributed by atoms with Gasteiger partial charge in [-0.15, -0.1) is 11.3 Å². The summed E-state index contributed by atoms with van der Waals surface area (Å²) in [4.78, 5) is 10.1. The number of hydrogen-bond acceptors (Lipinski definition) is 5. The molecule has 0 amide bonds. The zero-order chi connectivity index (χ0) is 10.3. The Bertz CT molecular complexity index is 521. The fourth-order valence-electron chi connectivity index (χ4n) is 1.26. The molecule has 0 aliphatic heterocycles. The molecule has 0 fully saturated rings. The average Bonchev–Trinajstić information content (AvgIpc) is 2.47. The molecule has 72 valence electrons. The van der Waals surface area contributed by atoms with Crippen molar-refractivity contribution >= 4 is 32.8 Å². The Kier molecular flexibility index (Phi) is 1.78. The largest absolute Gasteiger partial charge is 0.506 e. The summed E-state index contributed by atoms with van der Waals surface area (Å²) >= 11 is 1.13. The van der Waals surface area contributed by atoms with Crippen LogP contribution in [0, 0.1) is 10.1 Å². The van der Waals surface area contributed by atoms with E-state index in [1.54, 1.807) is 0 Å². The van der Waals surface area contributed by atoms with Crippen LogP contribution in [0.3, 0.4) is 0 Å². The second kappa shape index (κ2) is 2.85. The number of aromatic hydroxyl groups is 1.